The van der Waals surface area contributed by atoms with Crippen LogP contribution in [-0.4, -0.2) is 39.9 Å². The van der Waals surface area contributed by atoms with Gasteiger partial charge in [0.1, 0.15) is 11.5 Å². The van der Waals surface area contributed by atoms with E-state index >= 15 is 0 Å². The summed E-state index contributed by atoms with van der Waals surface area (Å²) in [4.78, 5) is 15.9. The third kappa shape index (κ3) is 2.84. The van der Waals surface area contributed by atoms with E-state index in [1.54, 1.807) is 0 Å². The number of anilines is 1. The number of pyridine rings is 1. The van der Waals surface area contributed by atoms with Gasteiger partial charge in [-0.1, -0.05) is 6.07 Å². The summed E-state index contributed by atoms with van der Waals surface area (Å²) < 4.78 is 37.7. The number of hydrogen-bond donors (Lipinski definition) is 2. The van der Waals surface area contributed by atoms with Crippen LogP contribution in [-0.2, 0) is 11.0 Å². The monoisotopic (exact) mass is 290 g/mol. The lowest BCUT2D eigenvalue weighted by Gasteiger charge is -2.36. The predicted molar refractivity (Wildman–Crippen MR) is 63.3 cm³/mol. The number of carboxylic acids is 1. The van der Waals surface area contributed by atoms with Gasteiger partial charge in [0.2, 0.25) is 0 Å². The highest BCUT2D eigenvalue weighted by Gasteiger charge is 2.40. The molecule has 0 atom stereocenters. The van der Waals surface area contributed by atoms with Crippen molar-refractivity contribution < 1.29 is 28.2 Å². The van der Waals surface area contributed by atoms with Crippen LogP contribution >= 0.6 is 0 Å². The lowest BCUT2D eigenvalue weighted by atomic mass is 9.92. The molecule has 2 rings (SSSR count). The van der Waals surface area contributed by atoms with E-state index in [-0.39, 0.29) is 31.7 Å². The van der Waals surface area contributed by atoms with E-state index in [1.807, 2.05) is 0 Å². The number of piperidine rings is 1. The highest BCUT2D eigenvalue weighted by atomic mass is 19.4. The van der Waals surface area contributed by atoms with Gasteiger partial charge in [-0.3, -0.25) is 0 Å². The molecule has 2 N–H and O–H groups in total. The van der Waals surface area contributed by atoms with Gasteiger partial charge in [0, 0.05) is 25.9 Å². The Morgan fingerprint density at radius 2 is 1.90 bits per heavy atom. The van der Waals surface area contributed by atoms with Crippen LogP contribution in [0.1, 0.15) is 18.5 Å². The Morgan fingerprint density at radius 3 is 2.40 bits per heavy atom. The molecule has 0 radical (unpaired) electrons. The highest BCUT2D eigenvalue weighted by Crippen LogP contribution is 2.30. The minimum Gasteiger partial charge on any atom is -0.479 e. The molecule has 0 aromatic carbocycles. The minimum atomic E-state index is -4.52. The van der Waals surface area contributed by atoms with Gasteiger partial charge >= 0.3 is 12.1 Å². The van der Waals surface area contributed by atoms with Crippen LogP contribution < -0.4 is 4.90 Å². The van der Waals surface area contributed by atoms with E-state index in [9.17, 15) is 23.1 Å². The summed E-state index contributed by atoms with van der Waals surface area (Å²) in [5.74, 6) is -1.18. The Morgan fingerprint density at radius 1 is 1.30 bits per heavy atom. The van der Waals surface area contributed by atoms with E-state index in [2.05, 4.69) is 4.98 Å². The SMILES string of the molecule is O=C(O)C1(O)CCN(c2cccc(C(F)(F)F)n2)CC1. The fraction of sp³-hybridized carbons (Fsp3) is 0.500. The smallest absolute Gasteiger partial charge is 0.433 e. The van der Waals surface area contributed by atoms with Crippen molar-refractivity contribution in [2.45, 2.75) is 24.6 Å². The molecule has 0 unspecified atom stereocenters. The van der Waals surface area contributed by atoms with E-state index < -0.39 is 23.4 Å². The second kappa shape index (κ2) is 4.93. The molecule has 1 fully saturated rings. The van der Waals surface area contributed by atoms with Gasteiger partial charge in [-0.25, -0.2) is 9.78 Å². The number of alkyl halides is 3. The number of hydrogen-bond acceptors (Lipinski definition) is 4. The Balaban J connectivity index is 2.13. The molecule has 110 valence electrons. The van der Waals surface area contributed by atoms with Gasteiger partial charge in [0.15, 0.2) is 5.60 Å². The van der Waals surface area contributed by atoms with Crippen molar-refractivity contribution in [1.82, 2.24) is 4.98 Å². The molecular formula is C12H13F3N2O3. The van der Waals surface area contributed by atoms with Crippen LogP contribution in [0, 0.1) is 0 Å². The molecule has 1 saturated heterocycles. The zero-order valence-electron chi connectivity index (χ0n) is 10.4. The molecule has 1 aliphatic heterocycles. The van der Waals surface area contributed by atoms with Crippen molar-refractivity contribution >= 4 is 11.8 Å². The number of nitrogens with zero attached hydrogens (tertiary/aromatic N) is 2. The first kappa shape index (κ1) is 14.6. The molecule has 0 saturated carbocycles. The second-order valence-electron chi connectivity index (χ2n) is 4.70. The average molecular weight is 290 g/mol. The third-order valence-corrected chi connectivity index (χ3v) is 3.34. The van der Waals surface area contributed by atoms with Crippen molar-refractivity contribution in [2.24, 2.45) is 0 Å². The Bertz CT molecular complexity index is 511. The largest absolute Gasteiger partial charge is 0.479 e. The van der Waals surface area contributed by atoms with Gasteiger partial charge in [-0.2, -0.15) is 13.2 Å². The number of carboxylic acid groups (broad SMARTS) is 1. The minimum absolute atomic E-state index is 0.0553. The Kier molecular flexibility index (Phi) is 3.59. The van der Waals surface area contributed by atoms with Crippen molar-refractivity contribution in [3.8, 4) is 0 Å². The summed E-state index contributed by atoms with van der Waals surface area (Å²) in [5, 5.41) is 18.6. The van der Waals surface area contributed by atoms with E-state index in [0.29, 0.717) is 0 Å². The number of aliphatic hydroxyl groups is 1. The second-order valence-corrected chi connectivity index (χ2v) is 4.70. The first-order valence-corrected chi connectivity index (χ1v) is 5.97. The summed E-state index contributed by atoms with van der Waals surface area (Å²) in [5.41, 5.74) is -2.80. The third-order valence-electron chi connectivity index (χ3n) is 3.34. The lowest BCUT2D eigenvalue weighted by Crippen LogP contribution is -2.49. The fourth-order valence-electron chi connectivity index (χ4n) is 2.08. The first-order chi connectivity index (χ1) is 9.22. The van der Waals surface area contributed by atoms with Crippen molar-refractivity contribution in [2.75, 3.05) is 18.0 Å². The summed E-state index contributed by atoms with van der Waals surface area (Å²) in [6.45, 7) is 0.272. The predicted octanol–water partition coefficient (Wildman–Crippen LogP) is 1.52. The molecule has 5 nitrogen and oxygen atoms in total. The highest BCUT2D eigenvalue weighted by molar-refractivity contribution is 5.77. The van der Waals surface area contributed by atoms with Gasteiger partial charge in [0.25, 0.3) is 0 Å². The topological polar surface area (TPSA) is 73.7 Å². The van der Waals surface area contributed by atoms with Gasteiger partial charge < -0.3 is 15.1 Å². The molecule has 20 heavy (non-hydrogen) atoms. The fourth-order valence-corrected chi connectivity index (χ4v) is 2.08. The number of aliphatic carboxylic acids is 1. The van der Waals surface area contributed by atoms with E-state index in [4.69, 9.17) is 5.11 Å². The van der Waals surface area contributed by atoms with E-state index in [0.717, 1.165) is 6.07 Å². The zero-order chi connectivity index (χ0) is 15.0. The van der Waals surface area contributed by atoms with Crippen molar-refractivity contribution in [1.29, 1.82) is 0 Å². The number of rotatable bonds is 2. The van der Waals surface area contributed by atoms with Crippen LogP contribution in [0.4, 0.5) is 19.0 Å². The zero-order valence-corrected chi connectivity index (χ0v) is 10.4. The van der Waals surface area contributed by atoms with Gasteiger partial charge in [-0.05, 0) is 12.1 Å². The first-order valence-electron chi connectivity index (χ1n) is 5.97. The molecule has 1 aliphatic rings. The maximum absolute atomic E-state index is 12.6. The normalized spacial score (nSPS) is 18.9. The molecular weight excluding hydrogens is 277 g/mol. The number of aromatic nitrogens is 1. The van der Waals surface area contributed by atoms with Gasteiger partial charge in [0.05, 0.1) is 0 Å². The number of halogens is 3. The average Bonchev–Trinajstić information content (AvgIpc) is 2.38. The molecule has 8 heteroatoms. The Labute approximate surface area is 112 Å². The summed E-state index contributed by atoms with van der Waals surface area (Å²) in [6.07, 6.45) is -4.63. The summed E-state index contributed by atoms with van der Waals surface area (Å²) >= 11 is 0. The molecule has 0 aliphatic carbocycles. The molecule has 1 aromatic heterocycles. The maximum atomic E-state index is 12.6. The Hall–Kier alpha value is -1.83. The van der Waals surface area contributed by atoms with Crippen LogP contribution in [0.2, 0.25) is 0 Å². The lowest BCUT2D eigenvalue weighted by molar-refractivity contribution is -0.160. The molecule has 0 bridgehead atoms. The molecule has 2 heterocycles. The standard InChI is InChI=1S/C12H13F3N2O3/c13-12(14,15)8-2-1-3-9(16-8)17-6-4-11(20,5-7-17)10(18)19/h1-3,20H,4-7H2,(H,18,19). The van der Waals surface area contributed by atoms with Crippen LogP contribution in [0.5, 0.6) is 0 Å². The molecule has 0 amide bonds. The van der Waals surface area contributed by atoms with Crippen molar-refractivity contribution in [3.63, 3.8) is 0 Å². The van der Waals surface area contributed by atoms with Crippen LogP contribution in [0.15, 0.2) is 18.2 Å². The van der Waals surface area contributed by atoms with E-state index in [1.165, 1.54) is 17.0 Å². The van der Waals surface area contributed by atoms with Crippen LogP contribution in [0.25, 0.3) is 0 Å². The van der Waals surface area contributed by atoms with Crippen LogP contribution in [0.3, 0.4) is 0 Å². The number of carbonyl (C=O) groups is 1. The summed E-state index contributed by atoms with van der Waals surface area (Å²) in [6, 6.07) is 3.56. The van der Waals surface area contributed by atoms with Crippen molar-refractivity contribution in [3.05, 3.63) is 23.9 Å². The van der Waals surface area contributed by atoms with Gasteiger partial charge in [-0.15, -0.1) is 0 Å². The quantitative estimate of drug-likeness (QED) is 0.864. The maximum Gasteiger partial charge on any atom is 0.433 e. The molecule has 1 aromatic rings. The summed E-state index contributed by atoms with van der Waals surface area (Å²) in [7, 11) is 0. The molecule has 0 spiro atoms.